The first-order valence-corrected chi connectivity index (χ1v) is 12.3. The number of nitrogens with zero attached hydrogens (tertiary/aromatic N) is 2. The van der Waals surface area contributed by atoms with Crippen molar-refractivity contribution in [3.8, 4) is 0 Å². The molecule has 1 heterocycles. The van der Waals surface area contributed by atoms with E-state index in [9.17, 15) is 13.2 Å². The molecule has 1 fully saturated rings. The van der Waals surface area contributed by atoms with Crippen LogP contribution in [-0.2, 0) is 27.1 Å². The maximum absolute atomic E-state index is 12.6. The van der Waals surface area contributed by atoms with E-state index >= 15 is 0 Å². The molecule has 2 aromatic rings. The van der Waals surface area contributed by atoms with E-state index < -0.39 is 10.0 Å². The first-order valence-electron chi connectivity index (χ1n) is 10.7. The zero-order chi connectivity index (χ0) is 22.3. The Kier molecular flexibility index (Phi) is 8.20. The van der Waals surface area contributed by atoms with Crippen LogP contribution in [0.5, 0.6) is 0 Å². The number of rotatable bonds is 9. The van der Waals surface area contributed by atoms with Gasteiger partial charge < -0.3 is 10.1 Å². The van der Waals surface area contributed by atoms with E-state index in [1.807, 2.05) is 24.3 Å². The highest BCUT2D eigenvalue weighted by Gasteiger charge is 2.24. The summed E-state index contributed by atoms with van der Waals surface area (Å²) in [5.74, 6) is -0.304. The minimum Gasteiger partial charge on any atom is -0.379 e. The third-order valence-electron chi connectivity index (χ3n) is 5.44. The number of ether oxygens (including phenoxy) is 1. The van der Waals surface area contributed by atoms with E-state index in [4.69, 9.17) is 4.74 Å². The summed E-state index contributed by atoms with van der Waals surface area (Å²) in [6, 6.07) is 14.6. The van der Waals surface area contributed by atoms with Crippen molar-refractivity contribution in [2.24, 2.45) is 0 Å². The van der Waals surface area contributed by atoms with Gasteiger partial charge in [-0.1, -0.05) is 38.1 Å². The molecule has 0 aromatic heterocycles. The molecule has 2 aromatic carbocycles. The Balaban J connectivity index is 1.57. The monoisotopic (exact) mass is 445 g/mol. The van der Waals surface area contributed by atoms with Crippen molar-refractivity contribution in [1.82, 2.24) is 9.21 Å². The topological polar surface area (TPSA) is 79.0 Å². The Bertz CT molecular complexity index is 949. The lowest BCUT2D eigenvalue weighted by molar-refractivity contribution is 0.0729. The van der Waals surface area contributed by atoms with Crippen LogP contribution in [0.4, 0.5) is 5.69 Å². The van der Waals surface area contributed by atoms with E-state index in [0.29, 0.717) is 37.4 Å². The third kappa shape index (κ3) is 6.61. The van der Waals surface area contributed by atoms with Crippen LogP contribution in [0.25, 0.3) is 0 Å². The van der Waals surface area contributed by atoms with Gasteiger partial charge in [0.2, 0.25) is 10.0 Å². The number of carbonyl (C=O) groups excluding carboxylic acids is 1. The highest BCUT2D eigenvalue weighted by Crippen LogP contribution is 2.16. The van der Waals surface area contributed by atoms with E-state index in [1.165, 1.54) is 9.87 Å². The fourth-order valence-corrected chi connectivity index (χ4v) is 4.98. The van der Waals surface area contributed by atoms with Crippen molar-refractivity contribution < 1.29 is 17.9 Å². The van der Waals surface area contributed by atoms with Gasteiger partial charge in [0.15, 0.2) is 0 Å². The number of hydrogen-bond donors (Lipinski definition) is 1. The van der Waals surface area contributed by atoms with Crippen LogP contribution in [0.3, 0.4) is 0 Å². The maximum atomic E-state index is 12.6. The van der Waals surface area contributed by atoms with Crippen molar-refractivity contribution in [3.63, 3.8) is 0 Å². The summed E-state index contributed by atoms with van der Waals surface area (Å²) < 4.78 is 31.7. The number of carbonyl (C=O) groups is 1. The molecule has 0 radical (unpaired) electrons. The number of morpholine rings is 1. The summed E-state index contributed by atoms with van der Waals surface area (Å²) in [5.41, 5.74) is 3.07. The van der Waals surface area contributed by atoms with Crippen LogP contribution >= 0.6 is 0 Å². The fourth-order valence-electron chi connectivity index (χ4n) is 3.48. The first kappa shape index (κ1) is 23.4. The predicted molar refractivity (Wildman–Crippen MR) is 122 cm³/mol. The molecule has 7 nitrogen and oxygen atoms in total. The third-order valence-corrected chi connectivity index (χ3v) is 7.29. The normalized spacial score (nSPS) is 15.2. The lowest BCUT2D eigenvalue weighted by atomic mass is 10.1. The number of benzene rings is 2. The minimum atomic E-state index is -3.39. The van der Waals surface area contributed by atoms with Gasteiger partial charge in [0.25, 0.3) is 5.91 Å². The molecular formula is C23H31N3O4S. The molecule has 168 valence electrons. The Labute approximate surface area is 185 Å². The van der Waals surface area contributed by atoms with Gasteiger partial charge in [-0.3, -0.25) is 9.69 Å². The zero-order valence-corrected chi connectivity index (χ0v) is 19.0. The van der Waals surface area contributed by atoms with Gasteiger partial charge in [-0.05, 0) is 48.5 Å². The summed E-state index contributed by atoms with van der Waals surface area (Å²) in [5, 5.41) is 2.89. The van der Waals surface area contributed by atoms with E-state index in [0.717, 1.165) is 25.3 Å². The number of hydrogen-bond acceptors (Lipinski definition) is 5. The van der Waals surface area contributed by atoms with Crippen LogP contribution in [0.2, 0.25) is 0 Å². The van der Waals surface area contributed by atoms with E-state index in [2.05, 4.69) is 24.1 Å². The Morgan fingerprint density at radius 3 is 2.13 bits per heavy atom. The summed E-state index contributed by atoms with van der Waals surface area (Å²) in [7, 11) is -3.39. The molecule has 0 aliphatic carbocycles. The fraction of sp³-hybridized carbons (Fsp3) is 0.435. The molecule has 1 amide bonds. The van der Waals surface area contributed by atoms with E-state index in [1.54, 1.807) is 24.3 Å². The van der Waals surface area contributed by atoms with Crippen molar-refractivity contribution in [2.45, 2.75) is 26.1 Å². The van der Waals surface area contributed by atoms with E-state index in [-0.39, 0.29) is 11.7 Å². The quantitative estimate of drug-likeness (QED) is 0.642. The number of anilines is 1. The Hall–Kier alpha value is -2.26. The average molecular weight is 446 g/mol. The zero-order valence-electron chi connectivity index (χ0n) is 18.2. The van der Waals surface area contributed by atoms with Gasteiger partial charge in [0, 0.05) is 30.9 Å². The van der Waals surface area contributed by atoms with Crippen LogP contribution in [0, 0.1) is 0 Å². The molecule has 3 rings (SSSR count). The van der Waals surface area contributed by atoms with Crippen LogP contribution in [0.1, 0.15) is 35.3 Å². The van der Waals surface area contributed by atoms with Crippen molar-refractivity contribution in [2.75, 3.05) is 44.7 Å². The summed E-state index contributed by atoms with van der Waals surface area (Å²) in [4.78, 5) is 14.9. The molecule has 0 unspecified atom stereocenters. The molecule has 0 saturated carbocycles. The molecule has 0 atom stereocenters. The molecular weight excluding hydrogens is 414 g/mol. The lowest BCUT2D eigenvalue weighted by Crippen LogP contribution is -2.41. The van der Waals surface area contributed by atoms with Crippen molar-refractivity contribution in [3.05, 3.63) is 65.2 Å². The highest BCUT2D eigenvalue weighted by molar-refractivity contribution is 7.88. The summed E-state index contributed by atoms with van der Waals surface area (Å²) >= 11 is 0. The Morgan fingerprint density at radius 1 is 0.968 bits per heavy atom. The molecule has 31 heavy (non-hydrogen) atoms. The molecule has 0 bridgehead atoms. The second-order valence-corrected chi connectivity index (χ2v) is 9.55. The standard InChI is InChI=1S/C23H31N3O4S/c1-3-25(4-2)17-19-7-11-22(12-8-19)24-23(27)21-9-5-20(6-10-21)18-31(28,29)26-13-15-30-16-14-26/h5-12H,3-4,13-18H2,1-2H3,(H,24,27). The largest absolute Gasteiger partial charge is 0.379 e. The minimum absolute atomic E-state index is 0.0805. The van der Waals surface area contributed by atoms with Gasteiger partial charge in [-0.25, -0.2) is 8.42 Å². The smallest absolute Gasteiger partial charge is 0.255 e. The number of sulfonamides is 1. The van der Waals surface area contributed by atoms with Crippen LogP contribution in [-0.4, -0.2) is 62.9 Å². The molecule has 0 spiro atoms. The van der Waals surface area contributed by atoms with Crippen molar-refractivity contribution in [1.29, 1.82) is 0 Å². The molecule has 1 aliphatic rings. The maximum Gasteiger partial charge on any atom is 0.255 e. The van der Waals surface area contributed by atoms with Crippen LogP contribution in [0.15, 0.2) is 48.5 Å². The second-order valence-electron chi connectivity index (χ2n) is 7.58. The Morgan fingerprint density at radius 2 is 1.55 bits per heavy atom. The van der Waals surface area contributed by atoms with Gasteiger partial charge in [0.05, 0.1) is 19.0 Å². The number of nitrogens with one attached hydrogen (secondary N) is 1. The highest BCUT2D eigenvalue weighted by atomic mass is 32.2. The number of amides is 1. The van der Waals surface area contributed by atoms with Gasteiger partial charge in [-0.15, -0.1) is 0 Å². The second kappa shape index (κ2) is 10.9. The summed E-state index contributed by atoms with van der Waals surface area (Å²) in [6.45, 7) is 8.78. The van der Waals surface area contributed by atoms with Crippen LogP contribution < -0.4 is 5.32 Å². The molecule has 1 N–H and O–H groups in total. The van der Waals surface area contributed by atoms with Gasteiger partial charge in [-0.2, -0.15) is 4.31 Å². The molecule has 8 heteroatoms. The average Bonchev–Trinajstić information content (AvgIpc) is 2.79. The van der Waals surface area contributed by atoms with Gasteiger partial charge in [0.1, 0.15) is 0 Å². The molecule has 1 aliphatic heterocycles. The summed E-state index contributed by atoms with van der Waals surface area (Å²) in [6.07, 6.45) is 0. The first-order chi connectivity index (χ1) is 14.9. The SMILES string of the molecule is CCN(CC)Cc1ccc(NC(=O)c2ccc(CS(=O)(=O)N3CCOCC3)cc2)cc1. The predicted octanol–water partition coefficient (Wildman–Crippen LogP) is 2.94. The molecule has 1 saturated heterocycles. The van der Waals surface area contributed by atoms with Crippen molar-refractivity contribution >= 4 is 21.6 Å². The lowest BCUT2D eigenvalue weighted by Gasteiger charge is -2.26. The van der Waals surface area contributed by atoms with Gasteiger partial charge >= 0.3 is 0 Å².